The van der Waals surface area contributed by atoms with Crippen LogP contribution >= 0.6 is 12.6 Å². The van der Waals surface area contributed by atoms with Gasteiger partial charge in [0.1, 0.15) is 0 Å². The molecule has 72 valence electrons. The van der Waals surface area contributed by atoms with Crippen molar-refractivity contribution in [2.75, 3.05) is 5.75 Å². The Bertz CT molecular complexity index is 285. The van der Waals surface area contributed by atoms with Gasteiger partial charge in [0.15, 0.2) is 0 Å². The van der Waals surface area contributed by atoms with E-state index >= 15 is 0 Å². The molecule has 0 aliphatic heterocycles. The van der Waals surface area contributed by atoms with Crippen molar-refractivity contribution in [3.05, 3.63) is 18.0 Å². The van der Waals surface area contributed by atoms with E-state index in [9.17, 15) is 4.79 Å². The lowest BCUT2D eigenvalue weighted by Crippen LogP contribution is -2.23. The molecule has 1 aromatic heterocycles. The van der Waals surface area contributed by atoms with Gasteiger partial charge >= 0.3 is 0 Å². The van der Waals surface area contributed by atoms with E-state index in [0.29, 0.717) is 18.7 Å². The molecule has 0 aliphatic rings. The molecule has 0 saturated heterocycles. The second-order valence-corrected chi connectivity index (χ2v) is 3.14. The number of aryl methyl sites for hydroxylation is 1. The number of rotatable bonds is 4. The number of amides is 1. The molecule has 13 heavy (non-hydrogen) atoms. The number of aromatic nitrogens is 2. The van der Waals surface area contributed by atoms with Crippen LogP contribution in [-0.4, -0.2) is 21.4 Å². The van der Waals surface area contributed by atoms with E-state index in [2.05, 4.69) is 23.0 Å². The highest BCUT2D eigenvalue weighted by atomic mass is 32.1. The first kappa shape index (κ1) is 10.1. The van der Waals surface area contributed by atoms with Crippen molar-refractivity contribution in [1.29, 1.82) is 0 Å². The summed E-state index contributed by atoms with van der Waals surface area (Å²) in [5.74, 6) is 0.605. The van der Waals surface area contributed by atoms with Crippen LogP contribution in [0.5, 0.6) is 0 Å². The molecule has 1 amide bonds. The Morgan fingerprint density at radius 1 is 1.77 bits per heavy atom. The Morgan fingerprint density at radius 2 is 2.54 bits per heavy atom. The Labute approximate surface area is 82.7 Å². The fourth-order valence-electron chi connectivity index (χ4n) is 0.954. The van der Waals surface area contributed by atoms with Crippen molar-refractivity contribution >= 4 is 18.5 Å². The van der Waals surface area contributed by atoms with E-state index in [4.69, 9.17) is 0 Å². The summed E-state index contributed by atoms with van der Waals surface area (Å²) in [6.07, 6.45) is 2.17. The zero-order valence-electron chi connectivity index (χ0n) is 7.53. The second kappa shape index (κ2) is 4.91. The fourth-order valence-corrected chi connectivity index (χ4v) is 1.16. The van der Waals surface area contributed by atoms with Crippen LogP contribution in [-0.2, 0) is 18.4 Å². The third kappa shape index (κ3) is 3.10. The minimum Gasteiger partial charge on any atom is -0.350 e. The predicted octanol–water partition coefficient (Wildman–Crippen LogP) is 0.356. The maximum atomic E-state index is 11.1. The summed E-state index contributed by atoms with van der Waals surface area (Å²) in [4.78, 5) is 11.1. The summed E-state index contributed by atoms with van der Waals surface area (Å²) >= 11 is 3.97. The number of carbonyl (C=O) groups is 1. The van der Waals surface area contributed by atoms with Crippen molar-refractivity contribution in [2.24, 2.45) is 7.05 Å². The van der Waals surface area contributed by atoms with Gasteiger partial charge in [-0.2, -0.15) is 17.7 Å². The lowest BCUT2D eigenvalue weighted by atomic mass is 10.4. The summed E-state index contributed by atoms with van der Waals surface area (Å²) in [6, 6.07) is 1.88. The molecule has 1 aromatic rings. The predicted molar refractivity (Wildman–Crippen MR) is 53.5 cm³/mol. The van der Waals surface area contributed by atoms with Crippen LogP contribution in [0.25, 0.3) is 0 Å². The van der Waals surface area contributed by atoms with Gasteiger partial charge in [-0.3, -0.25) is 9.48 Å². The average molecular weight is 199 g/mol. The summed E-state index contributed by atoms with van der Waals surface area (Å²) in [7, 11) is 1.85. The highest BCUT2D eigenvalue weighted by Crippen LogP contribution is 1.95. The van der Waals surface area contributed by atoms with E-state index in [0.717, 1.165) is 5.69 Å². The molecule has 0 fully saturated rings. The van der Waals surface area contributed by atoms with Gasteiger partial charge in [-0.05, 0) is 11.8 Å². The fraction of sp³-hybridized carbons (Fsp3) is 0.500. The Morgan fingerprint density at radius 3 is 3.08 bits per heavy atom. The lowest BCUT2D eigenvalue weighted by Gasteiger charge is -2.03. The molecular formula is C8H13N3OS. The normalized spacial score (nSPS) is 10.0. The summed E-state index contributed by atoms with van der Waals surface area (Å²) in [5.41, 5.74) is 0.993. The molecule has 1 rings (SSSR count). The largest absolute Gasteiger partial charge is 0.350 e. The molecule has 0 spiro atoms. The van der Waals surface area contributed by atoms with E-state index < -0.39 is 0 Å². The standard InChI is InChI=1S/C8H13N3OS/c1-11-7(2-4-10-11)6-9-8(12)3-5-13/h2,4,13H,3,5-6H2,1H3,(H,9,12). The third-order valence-electron chi connectivity index (χ3n) is 1.73. The van der Waals surface area contributed by atoms with Crippen molar-refractivity contribution in [3.63, 3.8) is 0 Å². The molecule has 0 radical (unpaired) electrons. The Kier molecular flexibility index (Phi) is 3.82. The Balaban J connectivity index is 2.35. The van der Waals surface area contributed by atoms with Crippen LogP contribution in [0.1, 0.15) is 12.1 Å². The molecule has 0 aliphatic carbocycles. The van der Waals surface area contributed by atoms with Crippen molar-refractivity contribution in [2.45, 2.75) is 13.0 Å². The second-order valence-electron chi connectivity index (χ2n) is 2.70. The first-order valence-electron chi connectivity index (χ1n) is 4.08. The van der Waals surface area contributed by atoms with Gasteiger partial charge in [0.05, 0.1) is 12.2 Å². The molecule has 4 nitrogen and oxygen atoms in total. The topological polar surface area (TPSA) is 46.9 Å². The van der Waals surface area contributed by atoms with E-state index in [1.165, 1.54) is 0 Å². The maximum absolute atomic E-state index is 11.1. The molecule has 1 heterocycles. The lowest BCUT2D eigenvalue weighted by molar-refractivity contribution is -0.120. The monoisotopic (exact) mass is 199 g/mol. The zero-order chi connectivity index (χ0) is 9.68. The van der Waals surface area contributed by atoms with Crippen LogP contribution in [0.2, 0.25) is 0 Å². The van der Waals surface area contributed by atoms with E-state index in [1.54, 1.807) is 10.9 Å². The summed E-state index contributed by atoms with van der Waals surface area (Å²) in [6.45, 7) is 0.531. The highest BCUT2D eigenvalue weighted by molar-refractivity contribution is 7.80. The van der Waals surface area contributed by atoms with Crippen molar-refractivity contribution in [3.8, 4) is 0 Å². The van der Waals surface area contributed by atoms with Gasteiger partial charge in [0.25, 0.3) is 0 Å². The van der Waals surface area contributed by atoms with Gasteiger partial charge in [-0.25, -0.2) is 0 Å². The number of hydrogen-bond acceptors (Lipinski definition) is 3. The minimum absolute atomic E-state index is 0.0243. The minimum atomic E-state index is 0.0243. The smallest absolute Gasteiger partial charge is 0.221 e. The number of carbonyl (C=O) groups excluding carboxylic acids is 1. The number of nitrogens with one attached hydrogen (secondary N) is 1. The van der Waals surface area contributed by atoms with Crippen molar-refractivity contribution in [1.82, 2.24) is 15.1 Å². The van der Waals surface area contributed by atoms with Crippen LogP contribution in [0.3, 0.4) is 0 Å². The average Bonchev–Trinajstić information content (AvgIpc) is 2.48. The van der Waals surface area contributed by atoms with Crippen LogP contribution in [0, 0.1) is 0 Å². The molecule has 0 bridgehead atoms. The van der Waals surface area contributed by atoms with Crippen LogP contribution in [0.15, 0.2) is 12.3 Å². The quantitative estimate of drug-likeness (QED) is 0.688. The molecule has 0 saturated carbocycles. The SMILES string of the molecule is Cn1nccc1CNC(=O)CCS. The number of hydrogen-bond donors (Lipinski definition) is 2. The molecule has 5 heteroatoms. The van der Waals surface area contributed by atoms with Gasteiger partial charge in [0.2, 0.25) is 5.91 Å². The molecule has 0 aromatic carbocycles. The van der Waals surface area contributed by atoms with Gasteiger partial charge in [-0.1, -0.05) is 0 Å². The molecule has 1 N–H and O–H groups in total. The van der Waals surface area contributed by atoms with E-state index in [1.807, 2.05) is 13.1 Å². The number of nitrogens with zero attached hydrogens (tertiary/aromatic N) is 2. The van der Waals surface area contributed by atoms with Crippen LogP contribution in [0.4, 0.5) is 0 Å². The zero-order valence-corrected chi connectivity index (χ0v) is 8.42. The first-order valence-corrected chi connectivity index (χ1v) is 4.71. The molecular weight excluding hydrogens is 186 g/mol. The van der Waals surface area contributed by atoms with Crippen LogP contribution < -0.4 is 5.32 Å². The molecule has 0 unspecified atom stereocenters. The van der Waals surface area contributed by atoms with E-state index in [-0.39, 0.29) is 5.91 Å². The first-order chi connectivity index (χ1) is 6.24. The Hall–Kier alpha value is -0.970. The maximum Gasteiger partial charge on any atom is 0.221 e. The van der Waals surface area contributed by atoms with Gasteiger partial charge < -0.3 is 5.32 Å². The van der Waals surface area contributed by atoms with Gasteiger partial charge in [0, 0.05) is 19.7 Å². The molecule has 0 atom stereocenters. The highest BCUT2D eigenvalue weighted by Gasteiger charge is 2.01. The summed E-state index contributed by atoms with van der Waals surface area (Å²) in [5, 5.41) is 6.77. The third-order valence-corrected chi connectivity index (χ3v) is 1.95. The van der Waals surface area contributed by atoms with Gasteiger partial charge in [-0.15, -0.1) is 0 Å². The summed E-state index contributed by atoms with van der Waals surface area (Å²) < 4.78 is 1.74. The van der Waals surface area contributed by atoms with Crippen molar-refractivity contribution < 1.29 is 4.79 Å². The number of thiol groups is 1.